The van der Waals surface area contributed by atoms with Gasteiger partial charge in [0, 0.05) is 19.3 Å². The molecule has 2 aromatic rings. The van der Waals surface area contributed by atoms with Gasteiger partial charge < -0.3 is 4.98 Å². The van der Waals surface area contributed by atoms with Crippen molar-refractivity contribution in [2.45, 2.75) is 71.1 Å². The number of nitriles is 1. The molecule has 31 heavy (non-hydrogen) atoms. The molecule has 1 saturated carbocycles. The topological polar surface area (TPSA) is 86.6 Å². The summed E-state index contributed by atoms with van der Waals surface area (Å²) in [5.74, 6) is 0.891. The van der Waals surface area contributed by atoms with Crippen LogP contribution in [0.2, 0.25) is 0 Å². The molecule has 0 spiro atoms. The molecule has 5 heteroatoms. The molecule has 0 radical (unpaired) electrons. The van der Waals surface area contributed by atoms with E-state index in [4.69, 9.17) is 5.26 Å². The molecule has 1 N–H and O–H groups in total. The normalized spacial score (nSPS) is 19.0. The quantitative estimate of drug-likeness (QED) is 0.651. The summed E-state index contributed by atoms with van der Waals surface area (Å²) in [6.45, 7) is 4.59. The minimum atomic E-state index is -0.115. The Balaban J connectivity index is 1.65. The SMILES string of the molecule is CC1(C)CC=C(c2cc(C3CCC(=O)CC3)ccc2CC(=O)c2ncc(C#N)[nH]2)CC1. The predicted molar refractivity (Wildman–Crippen MR) is 120 cm³/mol. The average molecular weight is 416 g/mol. The number of ketones is 2. The summed E-state index contributed by atoms with van der Waals surface area (Å²) in [7, 11) is 0. The summed E-state index contributed by atoms with van der Waals surface area (Å²) in [6.07, 6.45) is 10.3. The molecule has 1 aromatic heterocycles. The number of H-pyrrole nitrogens is 1. The van der Waals surface area contributed by atoms with Crippen LogP contribution in [-0.4, -0.2) is 21.5 Å². The Morgan fingerprint density at radius 1 is 1.26 bits per heavy atom. The van der Waals surface area contributed by atoms with E-state index in [0.717, 1.165) is 43.2 Å². The van der Waals surface area contributed by atoms with Crippen LogP contribution in [0.3, 0.4) is 0 Å². The number of nitrogens with one attached hydrogen (secondary N) is 1. The number of nitrogens with zero attached hydrogens (tertiary/aromatic N) is 2. The summed E-state index contributed by atoms with van der Waals surface area (Å²) in [5.41, 5.74) is 5.35. The number of allylic oxidation sites excluding steroid dienone is 2. The van der Waals surface area contributed by atoms with Gasteiger partial charge in [0.1, 0.15) is 17.5 Å². The second-order valence-electron chi connectivity index (χ2n) is 9.68. The molecule has 1 aromatic carbocycles. The van der Waals surface area contributed by atoms with Crippen molar-refractivity contribution in [1.29, 1.82) is 5.26 Å². The van der Waals surface area contributed by atoms with Crippen LogP contribution in [0, 0.1) is 16.7 Å². The molecular formula is C26H29N3O2. The molecule has 0 amide bonds. The minimum absolute atomic E-state index is 0.115. The Kier molecular flexibility index (Phi) is 5.91. The molecule has 2 aliphatic carbocycles. The number of benzene rings is 1. The number of hydrogen-bond donors (Lipinski definition) is 1. The molecule has 4 rings (SSSR count). The van der Waals surface area contributed by atoms with Gasteiger partial charge in [0.05, 0.1) is 6.20 Å². The summed E-state index contributed by atoms with van der Waals surface area (Å²) in [6, 6.07) is 8.45. The van der Waals surface area contributed by atoms with Crippen molar-refractivity contribution in [3.8, 4) is 6.07 Å². The van der Waals surface area contributed by atoms with Gasteiger partial charge >= 0.3 is 0 Å². The molecule has 160 valence electrons. The van der Waals surface area contributed by atoms with Crippen molar-refractivity contribution in [1.82, 2.24) is 9.97 Å². The summed E-state index contributed by atoms with van der Waals surface area (Å²) in [5, 5.41) is 8.99. The van der Waals surface area contributed by atoms with Crippen molar-refractivity contribution in [3.05, 3.63) is 58.7 Å². The van der Waals surface area contributed by atoms with Gasteiger partial charge in [-0.2, -0.15) is 5.26 Å². The van der Waals surface area contributed by atoms with Crippen molar-refractivity contribution in [2.24, 2.45) is 5.41 Å². The Bertz CT molecular complexity index is 1070. The van der Waals surface area contributed by atoms with Crippen LogP contribution < -0.4 is 0 Å². The maximum Gasteiger partial charge on any atom is 0.202 e. The smallest absolute Gasteiger partial charge is 0.202 e. The number of hydrogen-bond acceptors (Lipinski definition) is 4. The Morgan fingerprint density at radius 2 is 2.03 bits per heavy atom. The third-order valence-corrected chi connectivity index (χ3v) is 6.78. The van der Waals surface area contributed by atoms with E-state index in [0.29, 0.717) is 35.7 Å². The fraction of sp³-hybridized carbons (Fsp3) is 0.462. The van der Waals surface area contributed by atoms with Crippen LogP contribution in [0.25, 0.3) is 5.57 Å². The van der Waals surface area contributed by atoms with Gasteiger partial charge in [-0.1, -0.05) is 38.1 Å². The van der Waals surface area contributed by atoms with E-state index >= 15 is 0 Å². The first-order valence-corrected chi connectivity index (χ1v) is 11.2. The number of aromatic nitrogens is 2. The molecule has 1 fully saturated rings. The molecule has 0 bridgehead atoms. The van der Waals surface area contributed by atoms with Gasteiger partial charge in [0.25, 0.3) is 0 Å². The third-order valence-electron chi connectivity index (χ3n) is 6.78. The molecule has 2 aliphatic rings. The first kappa shape index (κ1) is 21.2. The predicted octanol–water partition coefficient (Wildman–Crippen LogP) is 5.53. The van der Waals surface area contributed by atoms with Gasteiger partial charge in [-0.3, -0.25) is 9.59 Å². The number of Topliss-reactive ketones (excluding diaryl/α,β-unsaturated/α-hetero) is 2. The monoisotopic (exact) mass is 415 g/mol. The third kappa shape index (κ3) is 4.85. The average Bonchev–Trinajstić information content (AvgIpc) is 3.24. The highest BCUT2D eigenvalue weighted by atomic mass is 16.1. The minimum Gasteiger partial charge on any atom is -0.327 e. The second-order valence-corrected chi connectivity index (χ2v) is 9.68. The zero-order chi connectivity index (χ0) is 22.0. The number of rotatable bonds is 5. The van der Waals surface area contributed by atoms with Gasteiger partial charge in [-0.05, 0) is 65.7 Å². The maximum absolute atomic E-state index is 12.8. The lowest BCUT2D eigenvalue weighted by Crippen LogP contribution is -2.16. The highest BCUT2D eigenvalue weighted by Crippen LogP contribution is 2.40. The number of carbonyl (C=O) groups excluding carboxylic acids is 2. The number of carbonyl (C=O) groups is 2. The Morgan fingerprint density at radius 3 is 2.68 bits per heavy atom. The molecule has 1 heterocycles. The van der Waals surface area contributed by atoms with E-state index in [1.54, 1.807) is 0 Å². The lowest BCUT2D eigenvalue weighted by Gasteiger charge is -2.30. The van der Waals surface area contributed by atoms with Crippen molar-refractivity contribution < 1.29 is 9.59 Å². The zero-order valence-corrected chi connectivity index (χ0v) is 18.3. The lowest BCUT2D eigenvalue weighted by atomic mass is 9.75. The Labute approximate surface area is 183 Å². The molecule has 0 aliphatic heterocycles. The summed E-state index contributed by atoms with van der Waals surface area (Å²) in [4.78, 5) is 31.4. The second kappa shape index (κ2) is 8.63. The fourth-order valence-electron chi connectivity index (χ4n) is 4.67. The number of imidazole rings is 1. The van der Waals surface area contributed by atoms with Crippen LogP contribution in [0.5, 0.6) is 0 Å². The largest absolute Gasteiger partial charge is 0.327 e. The maximum atomic E-state index is 12.8. The van der Waals surface area contributed by atoms with Crippen LogP contribution >= 0.6 is 0 Å². The van der Waals surface area contributed by atoms with E-state index in [1.807, 2.05) is 6.07 Å². The first-order chi connectivity index (χ1) is 14.8. The number of aromatic amines is 1. The van der Waals surface area contributed by atoms with E-state index < -0.39 is 0 Å². The van der Waals surface area contributed by atoms with Gasteiger partial charge in [0.2, 0.25) is 5.78 Å². The summed E-state index contributed by atoms with van der Waals surface area (Å²) < 4.78 is 0. The molecule has 5 nitrogen and oxygen atoms in total. The van der Waals surface area contributed by atoms with E-state index in [1.165, 1.54) is 17.3 Å². The van der Waals surface area contributed by atoms with Crippen molar-refractivity contribution >= 4 is 17.1 Å². The molecule has 0 atom stereocenters. The van der Waals surface area contributed by atoms with Gasteiger partial charge in [-0.15, -0.1) is 0 Å². The van der Waals surface area contributed by atoms with Gasteiger partial charge in [0.15, 0.2) is 5.82 Å². The highest BCUT2D eigenvalue weighted by Gasteiger charge is 2.26. The fourth-order valence-corrected chi connectivity index (χ4v) is 4.67. The van der Waals surface area contributed by atoms with Crippen molar-refractivity contribution in [2.75, 3.05) is 0 Å². The van der Waals surface area contributed by atoms with Crippen LogP contribution in [0.15, 0.2) is 30.5 Å². The standard InChI is InChI=1S/C26H29N3O2/c1-26(2)11-9-18(10-12-26)23-13-19(17-5-7-22(30)8-6-17)3-4-20(23)14-24(31)25-28-16-21(15-27)29-25/h3-4,9,13,16-17H,5-8,10-12,14H2,1-2H3,(H,28,29). The van der Waals surface area contributed by atoms with Crippen LogP contribution in [0.4, 0.5) is 0 Å². The molecule has 0 saturated heterocycles. The summed E-state index contributed by atoms with van der Waals surface area (Å²) >= 11 is 0. The Hall–Kier alpha value is -3.00. The highest BCUT2D eigenvalue weighted by molar-refractivity contribution is 5.95. The van der Waals surface area contributed by atoms with Crippen LogP contribution in [-0.2, 0) is 11.2 Å². The van der Waals surface area contributed by atoms with Crippen molar-refractivity contribution in [3.63, 3.8) is 0 Å². The van der Waals surface area contributed by atoms with Gasteiger partial charge in [-0.25, -0.2) is 4.98 Å². The van der Waals surface area contributed by atoms with E-state index in [2.05, 4.69) is 48.1 Å². The first-order valence-electron chi connectivity index (χ1n) is 11.2. The van der Waals surface area contributed by atoms with Crippen LogP contribution in [0.1, 0.15) is 97.7 Å². The molecule has 0 unspecified atom stereocenters. The zero-order valence-electron chi connectivity index (χ0n) is 18.3. The lowest BCUT2D eigenvalue weighted by molar-refractivity contribution is -0.120. The molecular weight excluding hydrogens is 386 g/mol. The van der Waals surface area contributed by atoms with E-state index in [9.17, 15) is 9.59 Å². The van der Waals surface area contributed by atoms with E-state index in [-0.39, 0.29) is 18.0 Å².